The van der Waals surface area contributed by atoms with E-state index < -0.39 is 0 Å². The molecule has 0 unspecified atom stereocenters. The molecule has 2 aliphatic rings. The van der Waals surface area contributed by atoms with E-state index in [2.05, 4.69) is 36.5 Å². The Kier molecular flexibility index (Phi) is 5.44. The Balaban J connectivity index is 1.49. The Hall–Kier alpha value is -2.66. The first kappa shape index (κ1) is 18.7. The smallest absolute Gasteiger partial charge is 0.254 e. The summed E-state index contributed by atoms with van der Waals surface area (Å²) in [6, 6.07) is 15.7. The van der Waals surface area contributed by atoms with Crippen LogP contribution in [-0.2, 0) is 9.53 Å². The van der Waals surface area contributed by atoms with E-state index in [0.717, 1.165) is 32.2 Å². The molecule has 2 amide bonds. The SMILES string of the molecule is Cc1ccc([C@H]2CCCN2C(=O)c2cccc(NC(=O)[C@@H]3CCCO3)c2)cc1. The Labute approximate surface area is 165 Å². The van der Waals surface area contributed by atoms with Crippen LogP contribution in [-0.4, -0.2) is 36.0 Å². The van der Waals surface area contributed by atoms with Gasteiger partial charge in [-0.05, 0) is 56.4 Å². The third-order valence-electron chi connectivity index (χ3n) is 5.57. The predicted octanol–water partition coefficient (Wildman–Crippen LogP) is 4.09. The maximum absolute atomic E-state index is 13.2. The molecule has 28 heavy (non-hydrogen) atoms. The van der Waals surface area contributed by atoms with Crippen molar-refractivity contribution in [3.8, 4) is 0 Å². The van der Waals surface area contributed by atoms with Gasteiger partial charge in [-0.25, -0.2) is 0 Å². The molecule has 0 saturated carbocycles. The van der Waals surface area contributed by atoms with Gasteiger partial charge in [-0.15, -0.1) is 0 Å². The Morgan fingerprint density at radius 2 is 1.89 bits per heavy atom. The van der Waals surface area contributed by atoms with Gasteiger partial charge in [0.15, 0.2) is 0 Å². The summed E-state index contributed by atoms with van der Waals surface area (Å²) in [6.45, 7) is 3.45. The number of likely N-dealkylation sites (tertiary alicyclic amines) is 1. The summed E-state index contributed by atoms with van der Waals surface area (Å²) in [5.74, 6) is -0.128. The summed E-state index contributed by atoms with van der Waals surface area (Å²) in [6.07, 6.45) is 3.25. The molecule has 5 nitrogen and oxygen atoms in total. The van der Waals surface area contributed by atoms with Gasteiger partial charge in [0, 0.05) is 24.4 Å². The Bertz CT molecular complexity index is 856. The molecule has 0 spiro atoms. The quantitative estimate of drug-likeness (QED) is 0.872. The molecule has 1 N–H and O–H groups in total. The maximum atomic E-state index is 13.2. The van der Waals surface area contributed by atoms with Gasteiger partial charge < -0.3 is 15.0 Å². The number of hydrogen-bond acceptors (Lipinski definition) is 3. The monoisotopic (exact) mass is 378 g/mol. The van der Waals surface area contributed by atoms with Gasteiger partial charge in [0.25, 0.3) is 11.8 Å². The standard InChI is InChI=1S/C23H26N2O3/c1-16-9-11-17(12-10-16)20-7-3-13-25(20)23(27)18-5-2-6-19(15-18)24-22(26)21-8-4-14-28-21/h2,5-6,9-12,15,20-21H,3-4,7-8,13-14H2,1H3,(H,24,26)/t20-,21+/m1/s1. The Morgan fingerprint density at radius 3 is 2.64 bits per heavy atom. The number of rotatable bonds is 4. The largest absolute Gasteiger partial charge is 0.368 e. The highest BCUT2D eigenvalue weighted by Crippen LogP contribution is 2.33. The van der Waals surface area contributed by atoms with Gasteiger partial charge >= 0.3 is 0 Å². The summed E-state index contributed by atoms with van der Waals surface area (Å²) in [5.41, 5.74) is 3.63. The van der Waals surface area contributed by atoms with Crippen LogP contribution in [0.3, 0.4) is 0 Å². The second-order valence-electron chi connectivity index (χ2n) is 7.64. The van der Waals surface area contributed by atoms with Crippen LogP contribution in [0.4, 0.5) is 5.69 Å². The van der Waals surface area contributed by atoms with Crippen molar-refractivity contribution in [1.82, 2.24) is 4.90 Å². The molecule has 5 heteroatoms. The number of ether oxygens (including phenoxy) is 1. The van der Waals surface area contributed by atoms with Crippen molar-refractivity contribution in [2.45, 2.75) is 44.8 Å². The van der Waals surface area contributed by atoms with Crippen LogP contribution in [0.15, 0.2) is 48.5 Å². The summed E-state index contributed by atoms with van der Waals surface area (Å²) in [4.78, 5) is 27.4. The number of amides is 2. The molecule has 0 bridgehead atoms. The number of nitrogens with one attached hydrogen (secondary N) is 1. The van der Waals surface area contributed by atoms with Crippen LogP contribution >= 0.6 is 0 Å². The van der Waals surface area contributed by atoms with Crippen molar-refractivity contribution in [1.29, 1.82) is 0 Å². The van der Waals surface area contributed by atoms with E-state index in [4.69, 9.17) is 4.74 Å². The molecular weight excluding hydrogens is 352 g/mol. The fourth-order valence-corrected chi connectivity index (χ4v) is 4.05. The highest BCUT2D eigenvalue weighted by atomic mass is 16.5. The summed E-state index contributed by atoms with van der Waals surface area (Å²) < 4.78 is 5.43. The van der Waals surface area contributed by atoms with Crippen molar-refractivity contribution in [2.24, 2.45) is 0 Å². The second-order valence-corrected chi connectivity index (χ2v) is 7.64. The molecule has 4 rings (SSSR count). The zero-order valence-corrected chi connectivity index (χ0v) is 16.2. The summed E-state index contributed by atoms with van der Waals surface area (Å²) in [7, 11) is 0. The van der Waals surface area contributed by atoms with Crippen LogP contribution < -0.4 is 5.32 Å². The average molecular weight is 378 g/mol. The second kappa shape index (κ2) is 8.15. The zero-order chi connectivity index (χ0) is 19.5. The van der Waals surface area contributed by atoms with Crippen molar-refractivity contribution < 1.29 is 14.3 Å². The van der Waals surface area contributed by atoms with Crippen molar-refractivity contribution >= 4 is 17.5 Å². The van der Waals surface area contributed by atoms with E-state index in [9.17, 15) is 9.59 Å². The van der Waals surface area contributed by atoms with E-state index in [1.165, 1.54) is 11.1 Å². The van der Waals surface area contributed by atoms with Gasteiger partial charge in [-0.2, -0.15) is 0 Å². The molecule has 2 aromatic rings. The first-order valence-corrected chi connectivity index (χ1v) is 10.0. The fourth-order valence-electron chi connectivity index (χ4n) is 4.05. The van der Waals surface area contributed by atoms with Gasteiger partial charge in [-0.3, -0.25) is 9.59 Å². The zero-order valence-electron chi connectivity index (χ0n) is 16.2. The summed E-state index contributed by atoms with van der Waals surface area (Å²) in [5, 5.41) is 2.88. The number of hydrogen-bond donors (Lipinski definition) is 1. The van der Waals surface area contributed by atoms with E-state index in [0.29, 0.717) is 17.9 Å². The molecule has 0 aliphatic carbocycles. The number of benzene rings is 2. The molecule has 0 aromatic heterocycles. The first-order chi connectivity index (χ1) is 13.6. The minimum atomic E-state index is -0.385. The van der Waals surface area contributed by atoms with E-state index in [-0.39, 0.29) is 24.0 Å². The van der Waals surface area contributed by atoms with E-state index >= 15 is 0 Å². The maximum Gasteiger partial charge on any atom is 0.254 e. The number of aryl methyl sites for hydroxylation is 1. The minimum absolute atomic E-state index is 0.0105. The van der Waals surface area contributed by atoms with Gasteiger partial charge in [0.2, 0.25) is 0 Å². The molecule has 2 atom stereocenters. The van der Waals surface area contributed by atoms with E-state index in [1.54, 1.807) is 6.07 Å². The van der Waals surface area contributed by atoms with Gasteiger partial charge in [0.1, 0.15) is 6.10 Å². The highest BCUT2D eigenvalue weighted by Gasteiger charge is 2.31. The van der Waals surface area contributed by atoms with Crippen molar-refractivity contribution in [3.63, 3.8) is 0 Å². The number of carbonyl (C=O) groups excluding carboxylic acids is 2. The number of nitrogens with zero attached hydrogens (tertiary/aromatic N) is 1. The Morgan fingerprint density at radius 1 is 1.07 bits per heavy atom. The highest BCUT2D eigenvalue weighted by molar-refractivity contribution is 5.98. The number of carbonyl (C=O) groups is 2. The van der Waals surface area contributed by atoms with Crippen LogP contribution in [0.25, 0.3) is 0 Å². The fraction of sp³-hybridized carbons (Fsp3) is 0.391. The predicted molar refractivity (Wildman–Crippen MR) is 108 cm³/mol. The van der Waals surface area contributed by atoms with Gasteiger partial charge in [-0.1, -0.05) is 35.9 Å². The molecule has 2 heterocycles. The normalized spacial score (nSPS) is 21.7. The third-order valence-corrected chi connectivity index (χ3v) is 5.57. The average Bonchev–Trinajstić information content (AvgIpc) is 3.40. The van der Waals surface area contributed by atoms with Gasteiger partial charge in [0.05, 0.1) is 6.04 Å². The molecule has 0 radical (unpaired) electrons. The molecule has 146 valence electrons. The van der Waals surface area contributed by atoms with Crippen LogP contribution in [0.5, 0.6) is 0 Å². The molecule has 2 fully saturated rings. The van der Waals surface area contributed by atoms with Crippen molar-refractivity contribution in [3.05, 3.63) is 65.2 Å². The third kappa shape index (κ3) is 3.94. The lowest BCUT2D eigenvalue weighted by molar-refractivity contribution is -0.124. The topological polar surface area (TPSA) is 58.6 Å². The molecular formula is C23H26N2O3. The van der Waals surface area contributed by atoms with E-state index in [1.807, 2.05) is 23.1 Å². The van der Waals surface area contributed by atoms with Crippen molar-refractivity contribution in [2.75, 3.05) is 18.5 Å². The van der Waals surface area contributed by atoms with Crippen LogP contribution in [0.1, 0.15) is 53.2 Å². The molecule has 2 aromatic carbocycles. The van der Waals surface area contributed by atoms with Crippen LogP contribution in [0.2, 0.25) is 0 Å². The molecule has 2 aliphatic heterocycles. The van der Waals surface area contributed by atoms with Crippen LogP contribution in [0, 0.1) is 6.92 Å². The molecule has 2 saturated heterocycles. The lowest BCUT2D eigenvalue weighted by atomic mass is 10.0. The number of anilines is 1. The first-order valence-electron chi connectivity index (χ1n) is 10.0. The lowest BCUT2D eigenvalue weighted by Gasteiger charge is -2.25. The summed E-state index contributed by atoms with van der Waals surface area (Å²) >= 11 is 0. The minimum Gasteiger partial charge on any atom is -0.368 e. The lowest BCUT2D eigenvalue weighted by Crippen LogP contribution is -2.31.